The van der Waals surface area contributed by atoms with Gasteiger partial charge in [-0.2, -0.15) is 8.78 Å². The summed E-state index contributed by atoms with van der Waals surface area (Å²) in [5.74, 6) is -2.43. The van der Waals surface area contributed by atoms with E-state index in [0.29, 0.717) is 5.56 Å². The SMILES string of the molecule is CC(=O)N/C(=C\c1ccccc1)C(=O)OCC(=O)Nc1ccccc1OC(F)F. The van der Waals surface area contributed by atoms with Crippen molar-refractivity contribution in [3.8, 4) is 5.75 Å². The van der Waals surface area contributed by atoms with Crippen LogP contribution in [0.4, 0.5) is 14.5 Å². The number of carbonyl (C=O) groups is 3. The van der Waals surface area contributed by atoms with E-state index in [9.17, 15) is 23.2 Å². The maximum atomic E-state index is 12.4. The number of anilines is 1. The molecule has 2 N–H and O–H groups in total. The van der Waals surface area contributed by atoms with Crippen molar-refractivity contribution in [1.29, 1.82) is 0 Å². The molecule has 0 spiro atoms. The van der Waals surface area contributed by atoms with E-state index in [2.05, 4.69) is 15.4 Å². The molecule has 9 heteroatoms. The largest absolute Gasteiger partial charge is 0.451 e. The zero-order chi connectivity index (χ0) is 21.2. The van der Waals surface area contributed by atoms with Crippen molar-refractivity contribution in [3.05, 3.63) is 65.9 Å². The van der Waals surface area contributed by atoms with Crippen LogP contribution in [-0.4, -0.2) is 31.0 Å². The third-order valence-electron chi connectivity index (χ3n) is 3.35. The smallest absolute Gasteiger partial charge is 0.387 e. The lowest BCUT2D eigenvalue weighted by Crippen LogP contribution is -2.29. The van der Waals surface area contributed by atoms with Gasteiger partial charge in [0.25, 0.3) is 5.91 Å². The molecule has 0 bridgehead atoms. The molecule has 0 radical (unpaired) electrons. The van der Waals surface area contributed by atoms with Gasteiger partial charge in [-0.05, 0) is 23.8 Å². The molecule has 0 heterocycles. The van der Waals surface area contributed by atoms with E-state index < -0.39 is 31.0 Å². The summed E-state index contributed by atoms with van der Waals surface area (Å²) < 4.78 is 34.1. The second kappa shape index (κ2) is 10.5. The molecule has 7 nitrogen and oxygen atoms in total. The number of alkyl halides is 2. The predicted octanol–water partition coefficient (Wildman–Crippen LogP) is 2.95. The van der Waals surface area contributed by atoms with Crippen LogP contribution in [0.1, 0.15) is 12.5 Å². The average molecular weight is 404 g/mol. The minimum Gasteiger partial charge on any atom is -0.451 e. The number of nitrogens with one attached hydrogen (secondary N) is 2. The number of esters is 1. The minimum absolute atomic E-state index is 0.00392. The number of halogens is 2. The normalized spacial score (nSPS) is 11.0. The zero-order valence-electron chi connectivity index (χ0n) is 15.4. The Bertz CT molecular complexity index is 901. The topological polar surface area (TPSA) is 93.7 Å². The highest BCUT2D eigenvalue weighted by Gasteiger charge is 2.16. The molecular weight excluding hydrogens is 386 g/mol. The van der Waals surface area contributed by atoms with Gasteiger partial charge in [0.2, 0.25) is 5.91 Å². The summed E-state index contributed by atoms with van der Waals surface area (Å²) in [5.41, 5.74) is 0.476. The van der Waals surface area contributed by atoms with Crippen LogP contribution < -0.4 is 15.4 Å². The molecule has 0 saturated carbocycles. The summed E-state index contributed by atoms with van der Waals surface area (Å²) in [4.78, 5) is 35.6. The van der Waals surface area contributed by atoms with Crippen LogP contribution in [0.2, 0.25) is 0 Å². The van der Waals surface area contributed by atoms with Crippen LogP contribution in [0.15, 0.2) is 60.3 Å². The molecule has 2 aromatic rings. The highest BCUT2D eigenvalue weighted by atomic mass is 19.3. The zero-order valence-corrected chi connectivity index (χ0v) is 15.4. The standard InChI is InChI=1S/C20H18F2N2O5/c1-13(25)23-16(11-14-7-3-2-4-8-14)19(27)28-12-18(26)24-15-9-5-6-10-17(15)29-20(21)22/h2-11,20H,12H2,1H3,(H,23,25)(H,24,26)/b16-11-. The molecule has 0 aliphatic heterocycles. The Kier molecular flexibility index (Phi) is 7.84. The number of rotatable bonds is 8. The predicted molar refractivity (Wildman–Crippen MR) is 101 cm³/mol. The first-order chi connectivity index (χ1) is 13.8. The highest BCUT2D eigenvalue weighted by molar-refractivity contribution is 6.00. The van der Waals surface area contributed by atoms with Crippen molar-refractivity contribution < 1.29 is 32.6 Å². The molecule has 0 fully saturated rings. The molecule has 29 heavy (non-hydrogen) atoms. The Labute approximate surface area is 165 Å². The number of ether oxygens (including phenoxy) is 2. The molecule has 2 rings (SSSR count). The fourth-order valence-electron chi connectivity index (χ4n) is 2.22. The quantitative estimate of drug-likeness (QED) is 0.521. The van der Waals surface area contributed by atoms with Crippen LogP contribution in [0.5, 0.6) is 5.75 Å². The maximum Gasteiger partial charge on any atom is 0.387 e. The molecule has 0 aromatic heterocycles. The fraction of sp³-hybridized carbons (Fsp3) is 0.150. The first kappa shape index (κ1) is 21.5. The van der Waals surface area contributed by atoms with E-state index in [1.165, 1.54) is 37.3 Å². The van der Waals surface area contributed by atoms with Gasteiger partial charge in [0, 0.05) is 6.92 Å². The monoisotopic (exact) mass is 404 g/mol. The second-order valence-corrected chi connectivity index (χ2v) is 5.65. The van der Waals surface area contributed by atoms with Crippen molar-refractivity contribution in [2.24, 2.45) is 0 Å². The van der Waals surface area contributed by atoms with E-state index >= 15 is 0 Å². The molecule has 0 aliphatic carbocycles. The van der Waals surface area contributed by atoms with Gasteiger partial charge in [-0.25, -0.2) is 4.79 Å². The molecule has 0 atom stereocenters. The van der Waals surface area contributed by atoms with Crippen molar-refractivity contribution in [3.63, 3.8) is 0 Å². The summed E-state index contributed by atoms with van der Waals surface area (Å²) in [6.45, 7) is -2.54. The van der Waals surface area contributed by atoms with Gasteiger partial charge in [0.15, 0.2) is 6.61 Å². The third kappa shape index (κ3) is 7.41. The van der Waals surface area contributed by atoms with Crippen LogP contribution >= 0.6 is 0 Å². The molecule has 0 unspecified atom stereocenters. The lowest BCUT2D eigenvalue weighted by Gasteiger charge is -2.12. The molecule has 2 aromatic carbocycles. The van der Waals surface area contributed by atoms with E-state index in [-0.39, 0.29) is 17.1 Å². The Balaban J connectivity index is 2.02. The molecule has 0 aliphatic rings. The number of benzene rings is 2. The van der Waals surface area contributed by atoms with E-state index in [4.69, 9.17) is 4.74 Å². The van der Waals surface area contributed by atoms with Gasteiger partial charge in [0.1, 0.15) is 11.4 Å². The third-order valence-corrected chi connectivity index (χ3v) is 3.35. The molecular formula is C20H18F2N2O5. The van der Waals surface area contributed by atoms with Crippen molar-refractivity contribution >= 4 is 29.5 Å². The Morgan fingerprint density at radius 3 is 2.34 bits per heavy atom. The van der Waals surface area contributed by atoms with Crippen molar-refractivity contribution in [2.45, 2.75) is 13.5 Å². The molecule has 152 valence electrons. The average Bonchev–Trinajstić information content (AvgIpc) is 2.67. The van der Waals surface area contributed by atoms with Gasteiger partial charge >= 0.3 is 12.6 Å². The maximum absolute atomic E-state index is 12.4. The van der Waals surface area contributed by atoms with Gasteiger partial charge in [-0.3, -0.25) is 9.59 Å². The van der Waals surface area contributed by atoms with Crippen molar-refractivity contribution in [1.82, 2.24) is 5.32 Å². The number of amides is 2. The molecule has 0 saturated heterocycles. The van der Waals surface area contributed by atoms with Gasteiger partial charge in [0.05, 0.1) is 5.69 Å². The Hall–Kier alpha value is -3.75. The van der Waals surface area contributed by atoms with Crippen LogP contribution in [0, 0.1) is 0 Å². The Morgan fingerprint density at radius 1 is 1.03 bits per heavy atom. The highest BCUT2D eigenvalue weighted by Crippen LogP contribution is 2.25. The first-order valence-electron chi connectivity index (χ1n) is 8.40. The molecule has 2 amide bonds. The van der Waals surface area contributed by atoms with E-state index in [0.717, 1.165) is 0 Å². The lowest BCUT2D eigenvalue weighted by atomic mass is 10.2. The van der Waals surface area contributed by atoms with Gasteiger partial charge in [-0.15, -0.1) is 0 Å². The second-order valence-electron chi connectivity index (χ2n) is 5.65. The van der Waals surface area contributed by atoms with Gasteiger partial charge in [-0.1, -0.05) is 42.5 Å². The van der Waals surface area contributed by atoms with Gasteiger partial charge < -0.3 is 20.1 Å². The summed E-state index contributed by atoms with van der Waals surface area (Å²) in [6, 6.07) is 14.3. The summed E-state index contributed by atoms with van der Waals surface area (Å²) in [7, 11) is 0. The van der Waals surface area contributed by atoms with Crippen LogP contribution in [-0.2, 0) is 19.1 Å². The van der Waals surface area contributed by atoms with Crippen LogP contribution in [0.25, 0.3) is 6.08 Å². The van der Waals surface area contributed by atoms with E-state index in [1.807, 2.05) is 0 Å². The van der Waals surface area contributed by atoms with E-state index in [1.54, 1.807) is 30.3 Å². The summed E-state index contributed by atoms with van der Waals surface area (Å²) in [5, 5.41) is 4.66. The summed E-state index contributed by atoms with van der Waals surface area (Å²) >= 11 is 0. The number of carbonyl (C=O) groups excluding carboxylic acids is 3. The number of hydrogen-bond donors (Lipinski definition) is 2. The lowest BCUT2D eigenvalue weighted by molar-refractivity contribution is -0.144. The fourth-order valence-corrected chi connectivity index (χ4v) is 2.22. The summed E-state index contributed by atoms with van der Waals surface area (Å²) in [6.07, 6.45) is 1.40. The minimum atomic E-state index is -3.06. The number of hydrogen-bond acceptors (Lipinski definition) is 5. The van der Waals surface area contributed by atoms with Crippen LogP contribution in [0.3, 0.4) is 0 Å². The number of para-hydroxylation sites is 2. The van der Waals surface area contributed by atoms with Crippen molar-refractivity contribution in [2.75, 3.05) is 11.9 Å². The first-order valence-corrected chi connectivity index (χ1v) is 8.40. The Morgan fingerprint density at radius 2 is 1.69 bits per heavy atom.